The van der Waals surface area contributed by atoms with Crippen LogP contribution in [-0.2, 0) is 4.79 Å². The molecule has 0 aliphatic rings. The Morgan fingerprint density at radius 3 is 2.78 bits per heavy atom. The smallest absolute Gasteiger partial charge is 0.124 e. The summed E-state index contributed by atoms with van der Waals surface area (Å²) in [6, 6.07) is 0. The molecule has 9 heavy (non-hydrogen) atoms. The Morgan fingerprint density at radius 1 is 1.78 bits per heavy atom. The van der Waals surface area contributed by atoms with Crippen LogP contribution < -0.4 is 0 Å². The summed E-state index contributed by atoms with van der Waals surface area (Å²) < 4.78 is 0. The average Bonchev–Trinajstić information content (AvgIpc) is 1.88. The Hall–Kier alpha value is -1.07. The monoisotopic (exact) mass is 122 g/mol. The fraction of sp³-hybridized carbons (Fsp3) is 0.250. The van der Waals surface area contributed by atoms with Gasteiger partial charge in [0.05, 0.1) is 0 Å². The minimum absolute atomic E-state index is 0.411. The van der Waals surface area contributed by atoms with E-state index in [1.54, 1.807) is 0 Å². The molecule has 0 aliphatic carbocycles. The van der Waals surface area contributed by atoms with Gasteiger partial charge in [-0.2, -0.15) is 0 Å². The van der Waals surface area contributed by atoms with Crippen molar-refractivity contribution in [1.29, 1.82) is 0 Å². The van der Waals surface area contributed by atoms with E-state index in [1.807, 2.05) is 19.1 Å². The highest BCUT2D eigenvalue weighted by molar-refractivity contribution is 5.55. The van der Waals surface area contributed by atoms with Crippen molar-refractivity contribution in [3.63, 3.8) is 0 Å². The van der Waals surface area contributed by atoms with Gasteiger partial charge >= 0.3 is 0 Å². The van der Waals surface area contributed by atoms with E-state index in [9.17, 15) is 4.79 Å². The Kier molecular flexibility index (Phi) is 4.47. The van der Waals surface area contributed by atoms with Gasteiger partial charge in [-0.25, -0.2) is 0 Å². The van der Waals surface area contributed by atoms with Gasteiger partial charge in [0.1, 0.15) is 6.29 Å². The minimum atomic E-state index is 0.411. The SMILES string of the molecule is C=C=C(/C=C/C)CC=O. The molecule has 0 amide bonds. The molecule has 0 heterocycles. The zero-order valence-electron chi connectivity index (χ0n) is 5.55. The first-order chi connectivity index (χ1) is 4.35. The van der Waals surface area contributed by atoms with Crippen LogP contribution in [0.1, 0.15) is 13.3 Å². The summed E-state index contributed by atoms with van der Waals surface area (Å²) in [4.78, 5) is 9.93. The van der Waals surface area contributed by atoms with Gasteiger partial charge in [-0.3, -0.25) is 0 Å². The first kappa shape index (κ1) is 7.93. The van der Waals surface area contributed by atoms with Crippen molar-refractivity contribution < 1.29 is 4.79 Å². The Labute approximate surface area is 55.4 Å². The maximum atomic E-state index is 9.93. The molecule has 0 aromatic rings. The third-order valence-corrected chi connectivity index (χ3v) is 0.898. The highest BCUT2D eigenvalue weighted by atomic mass is 16.1. The maximum absolute atomic E-state index is 9.93. The largest absolute Gasteiger partial charge is 0.303 e. The lowest BCUT2D eigenvalue weighted by Gasteiger charge is -1.85. The van der Waals surface area contributed by atoms with Gasteiger partial charge in [0, 0.05) is 12.0 Å². The van der Waals surface area contributed by atoms with Crippen LogP contribution in [0.5, 0.6) is 0 Å². The summed E-state index contributed by atoms with van der Waals surface area (Å²) in [6.07, 6.45) is 4.93. The van der Waals surface area contributed by atoms with Gasteiger partial charge in [-0.15, -0.1) is 5.73 Å². The fourth-order valence-electron chi connectivity index (χ4n) is 0.490. The van der Waals surface area contributed by atoms with Gasteiger partial charge < -0.3 is 4.79 Å². The van der Waals surface area contributed by atoms with Gasteiger partial charge in [0.25, 0.3) is 0 Å². The van der Waals surface area contributed by atoms with E-state index in [1.165, 1.54) is 0 Å². The molecule has 1 heteroatoms. The second-order valence-corrected chi connectivity index (χ2v) is 1.57. The molecule has 0 bridgehead atoms. The molecule has 0 fully saturated rings. The van der Waals surface area contributed by atoms with E-state index in [0.717, 1.165) is 11.9 Å². The molecule has 0 aromatic carbocycles. The topological polar surface area (TPSA) is 17.1 Å². The van der Waals surface area contributed by atoms with Gasteiger partial charge in [0.15, 0.2) is 0 Å². The predicted octanol–water partition coefficient (Wildman–Crippen LogP) is 1.86. The highest BCUT2D eigenvalue weighted by Crippen LogP contribution is 1.96. The zero-order chi connectivity index (χ0) is 7.11. The van der Waals surface area contributed by atoms with E-state index < -0.39 is 0 Å². The molecule has 0 saturated carbocycles. The summed E-state index contributed by atoms with van der Waals surface area (Å²) in [5, 5.41) is 0. The number of aldehydes is 1. The van der Waals surface area contributed by atoms with E-state index in [-0.39, 0.29) is 0 Å². The fourth-order valence-corrected chi connectivity index (χ4v) is 0.490. The van der Waals surface area contributed by atoms with Crippen molar-refractivity contribution in [2.75, 3.05) is 0 Å². The van der Waals surface area contributed by atoms with E-state index in [2.05, 4.69) is 12.3 Å². The number of hydrogen-bond donors (Lipinski definition) is 0. The van der Waals surface area contributed by atoms with Crippen LogP contribution >= 0.6 is 0 Å². The lowest BCUT2D eigenvalue weighted by molar-refractivity contribution is -0.107. The molecule has 48 valence electrons. The standard InChI is InChI=1S/C8H10O/c1-3-5-8(4-2)6-7-9/h3,5,7H,2,6H2,1H3/b5-3+. The molecular weight excluding hydrogens is 112 g/mol. The van der Waals surface area contributed by atoms with Crippen LogP contribution in [0.2, 0.25) is 0 Å². The van der Waals surface area contributed by atoms with E-state index in [4.69, 9.17) is 0 Å². The predicted molar refractivity (Wildman–Crippen MR) is 38.1 cm³/mol. The molecular formula is C8H10O. The molecule has 0 saturated heterocycles. The van der Waals surface area contributed by atoms with E-state index in [0.29, 0.717) is 6.42 Å². The maximum Gasteiger partial charge on any atom is 0.124 e. The molecule has 0 unspecified atom stereocenters. The van der Waals surface area contributed by atoms with Crippen molar-refractivity contribution in [3.8, 4) is 0 Å². The lowest BCUT2D eigenvalue weighted by atomic mass is 10.2. The molecule has 0 atom stereocenters. The molecule has 0 N–H and O–H groups in total. The van der Waals surface area contributed by atoms with Gasteiger partial charge in [-0.05, 0) is 6.92 Å². The Bertz CT molecular complexity index is 159. The van der Waals surface area contributed by atoms with Crippen molar-refractivity contribution >= 4 is 6.29 Å². The van der Waals surface area contributed by atoms with Crippen molar-refractivity contribution in [2.45, 2.75) is 13.3 Å². The summed E-state index contributed by atoms with van der Waals surface area (Å²) in [5.74, 6) is 0. The molecule has 0 radical (unpaired) electrons. The minimum Gasteiger partial charge on any atom is -0.303 e. The number of rotatable bonds is 3. The third-order valence-electron chi connectivity index (χ3n) is 0.898. The molecule has 0 rings (SSSR count). The number of carbonyl (C=O) groups is 1. The van der Waals surface area contributed by atoms with Crippen molar-refractivity contribution in [3.05, 3.63) is 30.0 Å². The van der Waals surface area contributed by atoms with Crippen molar-refractivity contribution in [2.24, 2.45) is 0 Å². The molecule has 0 spiro atoms. The number of carbonyl (C=O) groups excluding carboxylic acids is 1. The first-order valence-corrected chi connectivity index (χ1v) is 2.80. The second-order valence-electron chi connectivity index (χ2n) is 1.57. The van der Waals surface area contributed by atoms with Crippen LogP contribution in [0, 0.1) is 0 Å². The Morgan fingerprint density at radius 2 is 2.44 bits per heavy atom. The normalized spacial score (nSPS) is 9.00. The summed E-state index contributed by atoms with van der Waals surface area (Å²) in [5.41, 5.74) is 3.49. The lowest BCUT2D eigenvalue weighted by Crippen LogP contribution is -1.75. The van der Waals surface area contributed by atoms with E-state index >= 15 is 0 Å². The Balaban J connectivity index is 4.01. The van der Waals surface area contributed by atoms with Gasteiger partial charge in [0.2, 0.25) is 0 Å². The number of allylic oxidation sites excluding steroid dienone is 3. The summed E-state index contributed by atoms with van der Waals surface area (Å²) in [7, 11) is 0. The molecule has 1 nitrogen and oxygen atoms in total. The van der Waals surface area contributed by atoms with Crippen molar-refractivity contribution in [1.82, 2.24) is 0 Å². The summed E-state index contributed by atoms with van der Waals surface area (Å²) in [6.45, 7) is 5.32. The highest BCUT2D eigenvalue weighted by Gasteiger charge is 1.84. The zero-order valence-corrected chi connectivity index (χ0v) is 5.55. The molecule has 0 aliphatic heterocycles. The first-order valence-electron chi connectivity index (χ1n) is 2.80. The van der Waals surface area contributed by atoms with Crippen LogP contribution in [0.25, 0.3) is 0 Å². The van der Waals surface area contributed by atoms with Crippen LogP contribution in [-0.4, -0.2) is 6.29 Å². The van der Waals surface area contributed by atoms with Crippen LogP contribution in [0.15, 0.2) is 30.0 Å². The molecule has 0 aromatic heterocycles. The summed E-state index contributed by atoms with van der Waals surface area (Å²) >= 11 is 0. The van der Waals surface area contributed by atoms with Crippen LogP contribution in [0.4, 0.5) is 0 Å². The van der Waals surface area contributed by atoms with Gasteiger partial charge in [-0.1, -0.05) is 18.7 Å². The van der Waals surface area contributed by atoms with Crippen LogP contribution in [0.3, 0.4) is 0 Å². The second kappa shape index (κ2) is 5.07. The third kappa shape index (κ3) is 3.51. The average molecular weight is 122 g/mol. The quantitative estimate of drug-likeness (QED) is 0.317. The number of hydrogen-bond acceptors (Lipinski definition) is 1.